The molecule has 1 heterocycles. The van der Waals surface area contributed by atoms with E-state index in [9.17, 15) is 14.7 Å². The first kappa shape index (κ1) is 18.8. The number of fused-ring (bicyclic) bond motifs is 4. The average Bonchev–Trinajstić information content (AvgIpc) is 3.11. The van der Waals surface area contributed by atoms with Crippen LogP contribution in [-0.2, 0) is 4.74 Å². The number of hydrogen-bond acceptors (Lipinski definition) is 4. The molecule has 5 rings (SSSR count). The summed E-state index contributed by atoms with van der Waals surface area (Å²) >= 11 is 0. The minimum Gasteiger partial charge on any atom is -0.478 e. The number of anilines is 1. The van der Waals surface area contributed by atoms with E-state index in [1.54, 1.807) is 24.3 Å². The van der Waals surface area contributed by atoms with E-state index in [1.807, 2.05) is 24.3 Å². The van der Waals surface area contributed by atoms with Crippen molar-refractivity contribution in [2.75, 3.05) is 11.9 Å². The van der Waals surface area contributed by atoms with E-state index in [0.29, 0.717) is 10.8 Å². The first-order valence-corrected chi connectivity index (χ1v) is 9.86. The van der Waals surface area contributed by atoms with E-state index < -0.39 is 12.1 Å². The summed E-state index contributed by atoms with van der Waals surface area (Å²) in [6, 6.07) is 23.1. The number of benzene rings is 3. The Morgan fingerprint density at radius 1 is 0.871 bits per heavy atom. The number of carbonyl (C=O) groups excluding carboxylic acids is 1. The summed E-state index contributed by atoms with van der Waals surface area (Å²) in [7, 11) is 0. The molecule has 31 heavy (non-hydrogen) atoms. The normalized spacial score (nSPS) is 12.3. The molecule has 0 bridgehead atoms. The van der Waals surface area contributed by atoms with Crippen LogP contribution in [0.3, 0.4) is 0 Å². The number of carboxylic acids is 1. The molecule has 3 aromatic carbocycles. The molecule has 1 aliphatic carbocycles. The van der Waals surface area contributed by atoms with Gasteiger partial charge in [0, 0.05) is 22.9 Å². The quantitative estimate of drug-likeness (QED) is 0.477. The van der Waals surface area contributed by atoms with Gasteiger partial charge in [-0.3, -0.25) is 5.32 Å². The number of amides is 1. The van der Waals surface area contributed by atoms with Crippen LogP contribution >= 0.6 is 0 Å². The largest absolute Gasteiger partial charge is 0.478 e. The van der Waals surface area contributed by atoms with Crippen molar-refractivity contribution >= 4 is 28.7 Å². The molecule has 1 amide bonds. The van der Waals surface area contributed by atoms with Crippen LogP contribution in [-0.4, -0.2) is 28.8 Å². The third-order valence-electron chi connectivity index (χ3n) is 5.59. The second kappa shape index (κ2) is 7.57. The Morgan fingerprint density at radius 3 is 2.10 bits per heavy atom. The Bertz CT molecular complexity index is 1290. The molecule has 0 atom stereocenters. The van der Waals surface area contributed by atoms with Gasteiger partial charge in [0.05, 0.1) is 5.56 Å². The van der Waals surface area contributed by atoms with Crippen LogP contribution < -0.4 is 5.32 Å². The van der Waals surface area contributed by atoms with Crippen molar-refractivity contribution in [3.8, 4) is 11.1 Å². The molecule has 6 heteroatoms. The maximum atomic E-state index is 12.6. The fourth-order valence-corrected chi connectivity index (χ4v) is 4.19. The Kier molecular flexibility index (Phi) is 4.59. The van der Waals surface area contributed by atoms with Gasteiger partial charge >= 0.3 is 12.1 Å². The van der Waals surface area contributed by atoms with Crippen LogP contribution in [0.4, 0.5) is 10.6 Å². The summed E-state index contributed by atoms with van der Waals surface area (Å²) in [5.74, 6) is -0.855. The van der Waals surface area contributed by atoms with E-state index in [-0.39, 0.29) is 23.9 Å². The Morgan fingerprint density at radius 2 is 1.45 bits per heavy atom. The van der Waals surface area contributed by atoms with Crippen molar-refractivity contribution in [1.29, 1.82) is 0 Å². The molecule has 0 aliphatic heterocycles. The number of carboxylic acid groups (broad SMARTS) is 1. The van der Waals surface area contributed by atoms with E-state index in [2.05, 4.69) is 34.6 Å². The summed E-state index contributed by atoms with van der Waals surface area (Å²) in [5.41, 5.74) is 4.65. The first-order valence-electron chi connectivity index (χ1n) is 9.86. The molecule has 152 valence electrons. The Labute approximate surface area is 178 Å². The topological polar surface area (TPSA) is 88.5 Å². The number of rotatable bonds is 4. The van der Waals surface area contributed by atoms with Gasteiger partial charge in [0.1, 0.15) is 12.4 Å². The third kappa shape index (κ3) is 3.28. The zero-order valence-corrected chi connectivity index (χ0v) is 16.4. The van der Waals surface area contributed by atoms with E-state index in [0.717, 1.165) is 22.3 Å². The summed E-state index contributed by atoms with van der Waals surface area (Å²) in [6.45, 7) is 0.186. The SMILES string of the molecule is O=C(Nc1ncc(C(=O)O)c2ccccc12)OCC1c2ccccc2-c2ccccc21. The molecule has 0 radical (unpaired) electrons. The standard InChI is InChI=1S/C25H18N2O4/c28-24(29)21-13-26-23(20-12-6-5-11-19(20)21)27-25(30)31-14-22-17-9-3-1-7-15(17)16-8-2-4-10-18(16)22/h1-13,22H,14H2,(H,28,29)(H,26,27,30). The minimum atomic E-state index is -1.07. The highest BCUT2D eigenvalue weighted by Gasteiger charge is 2.29. The van der Waals surface area contributed by atoms with Crippen LogP contribution in [0.5, 0.6) is 0 Å². The summed E-state index contributed by atoms with van der Waals surface area (Å²) in [5, 5.41) is 13.1. The number of nitrogens with zero attached hydrogens (tertiary/aromatic N) is 1. The number of pyridine rings is 1. The van der Waals surface area contributed by atoms with E-state index in [1.165, 1.54) is 6.20 Å². The van der Waals surface area contributed by atoms with Gasteiger partial charge in [0.15, 0.2) is 0 Å². The van der Waals surface area contributed by atoms with Gasteiger partial charge in [-0.15, -0.1) is 0 Å². The molecule has 0 saturated carbocycles. The average molecular weight is 410 g/mol. The predicted molar refractivity (Wildman–Crippen MR) is 117 cm³/mol. The lowest BCUT2D eigenvalue weighted by Gasteiger charge is -2.15. The van der Waals surface area contributed by atoms with Crippen molar-refractivity contribution in [3.05, 3.63) is 95.7 Å². The van der Waals surface area contributed by atoms with E-state index >= 15 is 0 Å². The van der Waals surface area contributed by atoms with E-state index in [4.69, 9.17) is 4.74 Å². The fraction of sp³-hybridized carbons (Fsp3) is 0.0800. The first-order chi connectivity index (χ1) is 15.1. The third-order valence-corrected chi connectivity index (χ3v) is 5.59. The van der Waals surface area contributed by atoms with Gasteiger partial charge in [0.25, 0.3) is 0 Å². The molecule has 0 fully saturated rings. The second-order valence-electron chi connectivity index (χ2n) is 7.32. The molecule has 4 aromatic rings. The predicted octanol–water partition coefficient (Wildman–Crippen LogP) is 5.29. The molecule has 6 nitrogen and oxygen atoms in total. The maximum absolute atomic E-state index is 12.6. The second-order valence-corrected chi connectivity index (χ2v) is 7.32. The van der Waals surface area contributed by atoms with Crippen LogP contribution in [0.1, 0.15) is 27.4 Å². The van der Waals surface area contributed by atoms with Gasteiger partial charge in [-0.25, -0.2) is 14.6 Å². The molecule has 0 unspecified atom stereocenters. The van der Waals surface area contributed by atoms with Crippen molar-refractivity contribution in [3.63, 3.8) is 0 Å². The van der Waals surface area contributed by atoms with Crippen molar-refractivity contribution in [1.82, 2.24) is 4.98 Å². The van der Waals surface area contributed by atoms with Gasteiger partial charge in [-0.2, -0.15) is 0 Å². The van der Waals surface area contributed by atoms with Crippen molar-refractivity contribution < 1.29 is 19.4 Å². The smallest absolute Gasteiger partial charge is 0.412 e. The molecule has 0 spiro atoms. The highest BCUT2D eigenvalue weighted by molar-refractivity contribution is 6.08. The van der Waals surface area contributed by atoms with Crippen molar-refractivity contribution in [2.45, 2.75) is 5.92 Å². The van der Waals surface area contributed by atoms with Gasteiger partial charge in [-0.1, -0.05) is 72.8 Å². The van der Waals surface area contributed by atoms with Crippen molar-refractivity contribution in [2.24, 2.45) is 0 Å². The van der Waals surface area contributed by atoms with Gasteiger partial charge < -0.3 is 9.84 Å². The minimum absolute atomic E-state index is 0.0442. The van der Waals surface area contributed by atoms with Gasteiger partial charge in [-0.05, 0) is 22.3 Å². The number of carbonyl (C=O) groups is 2. The monoisotopic (exact) mass is 410 g/mol. The number of nitrogens with one attached hydrogen (secondary N) is 1. The Hall–Kier alpha value is -4.19. The van der Waals surface area contributed by atoms with Crippen LogP contribution in [0, 0.1) is 0 Å². The lowest BCUT2D eigenvalue weighted by Crippen LogP contribution is -2.19. The van der Waals surface area contributed by atoms with Crippen LogP contribution in [0.15, 0.2) is 79.0 Å². The van der Waals surface area contributed by atoms with Crippen LogP contribution in [0.2, 0.25) is 0 Å². The fourth-order valence-electron chi connectivity index (χ4n) is 4.19. The molecule has 1 aliphatic rings. The number of aromatic nitrogens is 1. The summed E-state index contributed by atoms with van der Waals surface area (Å²) in [6.07, 6.45) is 0.603. The zero-order valence-electron chi connectivity index (χ0n) is 16.4. The number of aromatic carboxylic acids is 1. The molecule has 1 aromatic heterocycles. The summed E-state index contributed by atoms with van der Waals surface area (Å²) in [4.78, 5) is 28.1. The zero-order chi connectivity index (χ0) is 21.4. The lowest BCUT2D eigenvalue weighted by atomic mass is 9.98. The number of hydrogen-bond donors (Lipinski definition) is 2. The van der Waals surface area contributed by atoms with Gasteiger partial charge in [0.2, 0.25) is 0 Å². The Balaban J connectivity index is 1.37. The van der Waals surface area contributed by atoms with Crippen LogP contribution in [0.25, 0.3) is 21.9 Å². The maximum Gasteiger partial charge on any atom is 0.412 e. The summed E-state index contributed by atoms with van der Waals surface area (Å²) < 4.78 is 5.56. The molecule has 0 saturated heterocycles. The molecular weight excluding hydrogens is 392 g/mol. The number of ether oxygens (including phenoxy) is 1. The molecule has 2 N–H and O–H groups in total. The molecular formula is C25H18N2O4. The highest BCUT2D eigenvalue weighted by Crippen LogP contribution is 2.44. The highest BCUT2D eigenvalue weighted by atomic mass is 16.5. The lowest BCUT2D eigenvalue weighted by molar-refractivity contribution is 0.0698.